The number of amides is 2. The number of rotatable bonds is 5. The first-order valence-corrected chi connectivity index (χ1v) is 4.77. The molecule has 2 amide bonds. The molecule has 0 saturated carbocycles. The molecular formula is C9H21N2O2+. The number of hydrogen-bond acceptors (Lipinski definition) is 2. The van der Waals surface area contributed by atoms with Crippen molar-refractivity contribution >= 4 is 6.03 Å². The van der Waals surface area contributed by atoms with Crippen LogP contribution in [0, 0.1) is 0 Å². The van der Waals surface area contributed by atoms with Crippen LogP contribution in [0.5, 0.6) is 0 Å². The Hall–Kier alpha value is -0.610. The highest BCUT2D eigenvalue weighted by molar-refractivity contribution is 5.66. The molecule has 78 valence electrons. The van der Waals surface area contributed by atoms with E-state index >= 15 is 0 Å². The molecule has 4 nitrogen and oxygen atoms in total. The van der Waals surface area contributed by atoms with E-state index in [1.54, 1.807) is 0 Å². The summed E-state index contributed by atoms with van der Waals surface area (Å²) in [5.74, 6) is 0. The van der Waals surface area contributed by atoms with Crippen LogP contribution in [0.3, 0.4) is 0 Å². The molecule has 0 aromatic carbocycles. The maximum Gasteiger partial charge on any atom is 0.416 e. The van der Waals surface area contributed by atoms with Crippen molar-refractivity contribution in [1.82, 2.24) is 5.32 Å². The van der Waals surface area contributed by atoms with Gasteiger partial charge in [0.2, 0.25) is 0 Å². The van der Waals surface area contributed by atoms with Gasteiger partial charge >= 0.3 is 6.03 Å². The summed E-state index contributed by atoms with van der Waals surface area (Å²) < 4.78 is 0.341. The Balaban J connectivity index is 3.87. The molecule has 0 aliphatic heterocycles. The van der Waals surface area contributed by atoms with E-state index in [0.717, 1.165) is 19.4 Å². The number of quaternary nitrogens is 1. The predicted molar refractivity (Wildman–Crippen MR) is 52.4 cm³/mol. The number of aliphatic hydroxyl groups is 1. The van der Waals surface area contributed by atoms with Crippen molar-refractivity contribution in [3.05, 3.63) is 0 Å². The standard InChI is InChI=1S/C9H20N2O2/c1-4-5-7-11(2,3)9(13)10-6-8-12/h12H,4-8H2,1-3H3/p+1. The quantitative estimate of drug-likeness (QED) is 0.621. The predicted octanol–water partition coefficient (Wildman–Crippen LogP) is 0.565. The molecule has 4 heteroatoms. The SMILES string of the molecule is CCCC[N+](C)(C)C(=O)NCCO. The molecule has 0 bridgehead atoms. The molecule has 0 unspecified atom stereocenters. The molecule has 0 spiro atoms. The monoisotopic (exact) mass is 189 g/mol. The number of aliphatic hydroxyl groups excluding tert-OH is 1. The van der Waals surface area contributed by atoms with Gasteiger partial charge in [0.1, 0.15) is 0 Å². The average molecular weight is 189 g/mol. The molecule has 0 saturated heterocycles. The highest BCUT2D eigenvalue weighted by Gasteiger charge is 2.24. The zero-order valence-corrected chi connectivity index (χ0v) is 8.84. The van der Waals surface area contributed by atoms with Gasteiger partial charge in [-0.3, -0.25) is 0 Å². The van der Waals surface area contributed by atoms with Crippen LogP contribution in [0.25, 0.3) is 0 Å². The lowest BCUT2D eigenvalue weighted by Crippen LogP contribution is -2.52. The molecule has 2 N–H and O–H groups in total. The Labute approximate surface area is 80.1 Å². The maximum atomic E-state index is 11.5. The molecule has 0 aromatic heterocycles. The van der Waals surface area contributed by atoms with Crippen molar-refractivity contribution in [2.75, 3.05) is 33.8 Å². The topological polar surface area (TPSA) is 49.3 Å². The van der Waals surface area contributed by atoms with Crippen molar-refractivity contribution in [2.24, 2.45) is 0 Å². The largest absolute Gasteiger partial charge is 0.416 e. The zero-order valence-electron chi connectivity index (χ0n) is 8.84. The Morgan fingerprint density at radius 1 is 1.46 bits per heavy atom. The van der Waals surface area contributed by atoms with Crippen LogP contribution in [-0.4, -0.2) is 49.4 Å². The van der Waals surface area contributed by atoms with E-state index in [2.05, 4.69) is 12.2 Å². The average Bonchev–Trinajstić information content (AvgIpc) is 2.10. The van der Waals surface area contributed by atoms with Crippen LogP contribution >= 0.6 is 0 Å². The third-order valence-electron chi connectivity index (χ3n) is 2.01. The molecule has 0 atom stereocenters. The molecule has 0 aliphatic carbocycles. The van der Waals surface area contributed by atoms with E-state index in [4.69, 9.17) is 5.11 Å². The number of unbranched alkanes of at least 4 members (excludes halogenated alkanes) is 1. The van der Waals surface area contributed by atoms with Gasteiger partial charge in [-0.2, -0.15) is 0 Å². The molecule has 0 rings (SSSR count). The summed E-state index contributed by atoms with van der Waals surface area (Å²) in [6.45, 7) is 3.28. The van der Waals surface area contributed by atoms with Crippen LogP contribution in [0.15, 0.2) is 0 Å². The molecule has 0 radical (unpaired) electrons. The summed E-state index contributed by atoms with van der Waals surface area (Å²) in [5.41, 5.74) is 0. The first-order chi connectivity index (χ1) is 6.04. The van der Waals surface area contributed by atoms with Gasteiger partial charge in [-0.1, -0.05) is 13.3 Å². The number of nitrogens with zero attached hydrogens (tertiary/aromatic N) is 1. The summed E-state index contributed by atoms with van der Waals surface area (Å²) in [4.78, 5) is 11.5. The maximum absolute atomic E-state index is 11.5. The third kappa shape index (κ3) is 4.85. The first-order valence-electron chi connectivity index (χ1n) is 4.77. The van der Waals surface area contributed by atoms with Gasteiger partial charge in [-0.15, -0.1) is 0 Å². The lowest BCUT2D eigenvalue weighted by Gasteiger charge is -2.26. The summed E-state index contributed by atoms with van der Waals surface area (Å²) >= 11 is 0. The van der Waals surface area contributed by atoms with Gasteiger partial charge in [0.25, 0.3) is 0 Å². The third-order valence-corrected chi connectivity index (χ3v) is 2.01. The van der Waals surface area contributed by atoms with Gasteiger partial charge in [-0.05, 0) is 6.42 Å². The lowest BCUT2D eigenvalue weighted by molar-refractivity contribution is -0.809. The fourth-order valence-corrected chi connectivity index (χ4v) is 1.03. The van der Waals surface area contributed by atoms with Gasteiger partial charge in [0, 0.05) is 6.54 Å². The van der Waals surface area contributed by atoms with Crippen LogP contribution < -0.4 is 5.32 Å². The van der Waals surface area contributed by atoms with Crippen LogP contribution in [0.1, 0.15) is 19.8 Å². The van der Waals surface area contributed by atoms with Crippen LogP contribution in [0.4, 0.5) is 4.79 Å². The van der Waals surface area contributed by atoms with E-state index in [1.807, 2.05) is 14.1 Å². The number of carbonyl (C=O) groups is 1. The Bertz CT molecular complexity index is 158. The normalized spacial score (nSPS) is 11.4. The molecule has 13 heavy (non-hydrogen) atoms. The molecular weight excluding hydrogens is 168 g/mol. The minimum Gasteiger partial charge on any atom is -0.395 e. The van der Waals surface area contributed by atoms with Gasteiger partial charge in [0.05, 0.1) is 27.2 Å². The van der Waals surface area contributed by atoms with Crippen molar-refractivity contribution in [1.29, 1.82) is 0 Å². The number of urea groups is 1. The Morgan fingerprint density at radius 2 is 2.08 bits per heavy atom. The number of carbonyl (C=O) groups excluding carboxylic acids is 1. The van der Waals surface area contributed by atoms with E-state index in [-0.39, 0.29) is 12.6 Å². The minimum atomic E-state index is -0.0255. The van der Waals surface area contributed by atoms with Crippen LogP contribution in [0.2, 0.25) is 0 Å². The molecule has 0 fully saturated rings. The molecule has 0 heterocycles. The smallest absolute Gasteiger partial charge is 0.395 e. The fraction of sp³-hybridized carbons (Fsp3) is 0.889. The zero-order chi connectivity index (χ0) is 10.3. The van der Waals surface area contributed by atoms with E-state index in [9.17, 15) is 4.79 Å². The fourth-order valence-electron chi connectivity index (χ4n) is 1.03. The highest BCUT2D eigenvalue weighted by atomic mass is 16.3. The van der Waals surface area contributed by atoms with Crippen LogP contribution in [-0.2, 0) is 0 Å². The number of nitrogens with one attached hydrogen (secondary N) is 1. The second-order valence-electron chi connectivity index (χ2n) is 3.72. The second-order valence-corrected chi connectivity index (χ2v) is 3.72. The van der Waals surface area contributed by atoms with Gasteiger partial charge in [-0.25, -0.2) is 9.28 Å². The summed E-state index contributed by atoms with van der Waals surface area (Å²) in [7, 11) is 3.75. The molecule has 0 aromatic rings. The van der Waals surface area contributed by atoms with Gasteiger partial charge in [0.15, 0.2) is 0 Å². The van der Waals surface area contributed by atoms with Gasteiger partial charge < -0.3 is 10.4 Å². The Kier molecular flexibility index (Phi) is 5.66. The summed E-state index contributed by atoms with van der Waals surface area (Å²) in [6, 6.07) is -0.0255. The first kappa shape index (κ1) is 12.4. The van der Waals surface area contributed by atoms with Crippen molar-refractivity contribution in [2.45, 2.75) is 19.8 Å². The summed E-state index contributed by atoms with van der Waals surface area (Å²) in [6.07, 6.45) is 2.13. The number of hydrogen-bond donors (Lipinski definition) is 2. The van der Waals surface area contributed by atoms with Crippen molar-refractivity contribution in [3.63, 3.8) is 0 Å². The lowest BCUT2D eigenvalue weighted by atomic mass is 10.3. The van der Waals surface area contributed by atoms with Crippen molar-refractivity contribution < 1.29 is 14.4 Å². The Morgan fingerprint density at radius 3 is 2.54 bits per heavy atom. The van der Waals surface area contributed by atoms with E-state index < -0.39 is 0 Å². The molecule has 0 aliphatic rings. The highest BCUT2D eigenvalue weighted by Crippen LogP contribution is 2.01. The van der Waals surface area contributed by atoms with E-state index in [1.165, 1.54) is 0 Å². The second kappa shape index (κ2) is 5.94. The minimum absolute atomic E-state index is 0.000478. The van der Waals surface area contributed by atoms with Crippen molar-refractivity contribution in [3.8, 4) is 0 Å². The summed E-state index contributed by atoms with van der Waals surface area (Å²) in [5, 5.41) is 11.2. The van der Waals surface area contributed by atoms with E-state index in [0.29, 0.717) is 11.0 Å².